The maximum Gasteiger partial charge on any atom is 0.332 e. The van der Waals surface area contributed by atoms with Gasteiger partial charge in [-0.2, -0.15) is 5.10 Å². The number of hydrazone groups is 1. The molecule has 0 spiro atoms. The van der Waals surface area contributed by atoms with Crippen LogP contribution in [0.4, 0.5) is 4.79 Å². The maximum absolute atomic E-state index is 12.3. The van der Waals surface area contributed by atoms with Gasteiger partial charge in [0, 0.05) is 11.6 Å². The van der Waals surface area contributed by atoms with Gasteiger partial charge < -0.3 is 10.5 Å². The minimum Gasteiger partial charge on any atom is -0.466 e. The quantitative estimate of drug-likeness (QED) is 0.469. The highest BCUT2D eigenvalue weighted by Crippen LogP contribution is 2.56. The third kappa shape index (κ3) is 2.78. The molecule has 1 fully saturated rings. The van der Waals surface area contributed by atoms with E-state index in [2.05, 4.69) is 10.5 Å². The van der Waals surface area contributed by atoms with Crippen molar-refractivity contribution in [2.75, 3.05) is 6.61 Å². The van der Waals surface area contributed by atoms with Crippen LogP contribution in [0.3, 0.4) is 0 Å². The zero-order valence-electron chi connectivity index (χ0n) is 12.9. The molecule has 0 aromatic heterocycles. The lowest BCUT2D eigenvalue weighted by molar-refractivity contribution is -0.160. The highest BCUT2D eigenvalue weighted by molar-refractivity contribution is 5.89. The monoisotopic (exact) mass is 283 g/mol. The number of carbonyl (C=O) groups excluding carboxylic acids is 2. The highest BCUT2D eigenvalue weighted by atomic mass is 16.5. The summed E-state index contributed by atoms with van der Waals surface area (Å²) in [6.07, 6.45) is 1.57. The molecule has 20 heavy (non-hydrogen) atoms. The molecule has 114 valence electrons. The topological polar surface area (TPSA) is 93.8 Å². The zero-order valence-corrected chi connectivity index (χ0v) is 12.9. The number of carbonyl (C=O) groups is 2. The fraction of sp³-hybridized carbons (Fsp3) is 0.786. The first-order valence-electron chi connectivity index (χ1n) is 6.93. The number of hydrogen-bond acceptors (Lipinski definition) is 4. The maximum atomic E-state index is 12.3. The van der Waals surface area contributed by atoms with Gasteiger partial charge in [-0.05, 0) is 39.0 Å². The van der Waals surface area contributed by atoms with Gasteiger partial charge in [-0.25, -0.2) is 10.2 Å². The van der Waals surface area contributed by atoms with Crippen LogP contribution in [0.2, 0.25) is 0 Å². The van der Waals surface area contributed by atoms with E-state index >= 15 is 0 Å². The number of hydrogen-bond donors (Lipinski definition) is 2. The number of primary amides is 1. The molecule has 0 aromatic rings. The Balaban J connectivity index is 2.97. The largest absolute Gasteiger partial charge is 0.466 e. The van der Waals surface area contributed by atoms with Gasteiger partial charge in [-0.3, -0.25) is 4.79 Å². The first kappa shape index (κ1) is 16.5. The normalized spacial score (nSPS) is 29.1. The number of ether oxygens (including phenoxy) is 1. The van der Waals surface area contributed by atoms with Crippen molar-refractivity contribution in [1.29, 1.82) is 0 Å². The number of urea groups is 1. The van der Waals surface area contributed by atoms with Crippen molar-refractivity contribution in [2.45, 2.75) is 47.5 Å². The molecule has 2 amide bonds. The van der Waals surface area contributed by atoms with E-state index in [1.807, 2.05) is 34.6 Å². The smallest absolute Gasteiger partial charge is 0.332 e. The van der Waals surface area contributed by atoms with Gasteiger partial charge in [0.1, 0.15) is 0 Å². The highest BCUT2D eigenvalue weighted by Gasteiger charge is 2.57. The molecule has 0 heterocycles. The van der Waals surface area contributed by atoms with E-state index in [1.165, 1.54) is 0 Å². The van der Waals surface area contributed by atoms with Gasteiger partial charge in [0.05, 0.1) is 12.0 Å². The van der Waals surface area contributed by atoms with Crippen LogP contribution in [0.25, 0.3) is 0 Å². The molecule has 2 atom stereocenters. The Kier molecular flexibility index (Phi) is 4.78. The van der Waals surface area contributed by atoms with Crippen LogP contribution >= 0.6 is 0 Å². The van der Waals surface area contributed by atoms with Gasteiger partial charge in [-0.15, -0.1) is 0 Å². The number of amides is 2. The lowest BCUT2D eigenvalue weighted by Crippen LogP contribution is -2.43. The van der Waals surface area contributed by atoms with E-state index in [4.69, 9.17) is 10.5 Å². The van der Waals surface area contributed by atoms with E-state index in [1.54, 1.807) is 0 Å². The van der Waals surface area contributed by atoms with E-state index in [9.17, 15) is 9.59 Å². The summed E-state index contributed by atoms with van der Waals surface area (Å²) in [7, 11) is 0. The van der Waals surface area contributed by atoms with E-state index in [0.29, 0.717) is 6.61 Å². The average Bonchev–Trinajstić information content (AvgIpc) is 2.59. The fourth-order valence-electron chi connectivity index (χ4n) is 3.11. The molecular formula is C14H25N3O3. The molecule has 1 aliphatic carbocycles. The van der Waals surface area contributed by atoms with E-state index in [-0.39, 0.29) is 17.3 Å². The standard InChI is InChI=1S/C14H25N3O3/c1-6-20-11(18)14(5)8-7-10(13(14,3)4)9(2)16-17-12(15)19/h10H,6-8H2,1-5H3,(H3,15,17,19)/b16-9+/t10-,14-/m1/s1. The molecule has 0 radical (unpaired) electrons. The van der Waals surface area contributed by atoms with E-state index in [0.717, 1.165) is 18.6 Å². The summed E-state index contributed by atoms with van der Waals surface area (Å²) in [5, 5.41) is 4.01. The Morgan fingerprint density at radius 3 is 2.50 bits per heavy atom. The number of rotatable bonds is 4. The van der Waals surface area contributed by atoms with Crippen LogP contribution in [-0.2, 0) is 9.53 Å². The van der Waals surface area contributed by atoms with Crippen LogP contribution in [-0.4, -0.2) is 24.3 Å². The molecule has 1 saturated carbocycles. The average molecular weight is 283 g/mol. The Bertz CT molecular complexity index is 431. The Morgan fingerprint density at radius 2 is 2.00 bits per heavy atom. The van der Waals surface area contributed by atoms with Crippen LogP contribution in [0.1, 0.15) is 47.5 Å². The van der Waals surface area contributed by atoms with Gasteiger partial charge in [0.15, 0.2) is 0 Å². The molecule has 6 nitrogen and oxygen atoms in total. The SMILES string of the molecule is CCOC(=O)[C@@]1(C)CC[C@H](/C(C)=N/NC(N)=O)C1(C)C. The number of nitrogens with one attached hydrogen (secondary N) is 1. The van der Waals surface area contributed by atoms with Gasteiger partial charge in [0.2, 0.25) is 0 Å². The van der Waals surface area contributed by atoms with Gasteiger partial charge in [0.25, 0.3) is 0 Å². The van der Waals surface area contributed by atoms with Gasteiger partial charge in [-0.1, -0.05) is 13.8 Å². The van der Waals surface area contributed by atoms with Crippen molar-refractivity contribution >= 4 is 17.7 Å². The van der Waals surface area contributed by atoms with Crippen LogP contribution < -0.4 is 11.2 Å². The summed E-state index contributed by atoms with van der Waals surface area (Å²) in [6, 6.07) is -0.687. The molecule has 0 saturated heterocycles. The molecular weight excluding hydrogens is 258 g/mol. The summed E-state index contributed by atoms with van der Waals surface area (Å²) in [5.41, 5.74) is 7.20. The summed E-state index contributed by atoms with van der Waals surface area (Å²) in [4.78, 5) is 23.0. The summed E-state index contributed by atoms with van der Waals surface area (Å²) in [5.74, 6) is -0.0630. The second-order valence-electron chi connectivity index (χ2n) is 6.09. The van der Waals surface area contributed by atoms with Crippen molar-refractivity contribution in [2.24, 2.45) is 27.6 Å². The van der Waals surface area contributed by atoms with E-state index < -0.39 is 11.4 Å². The Labute approximate surface area is 120 Å². The second kappa shape index (κ2) is 5.81. The molecule has 6 heteroatoms. The first-order valence-corrected chi connectivity index (χ1v) is 6.93. The summed E-state index contributed by atoms with van der Waals surface area (Å²) >= 11 is 0. The zero-order chi connectivity index (χ0) is 15.6. The van der Waals surface area contributed by atoms with Crippen LogP contribution in [0.5, 0.6) is 0 Å². The lowest BCUT2D eigenvalue weighted by atomic mass is 9.65. The molecule has 0 bridgehead atoms. The number of nitrogens with zero attached hydrogens (tertiary/aromatic N) is 1. The fourth-order valence-corrected chi connectivity index (χ4v) is 3.11. The molecule has 3 N–H and O–H groups in total. The first-order chi connectivity index (χ1) is 9.16. The second-order valence-corrected chi connectivity index (χ2v) is 6.09. The number of esters is 1. The molecule has 1 rings (SSSR count). The van der Waals surface area contributed by atoms with Crippen molar-refractivity contribution in [1.82, 2.24) is 5.43 Å². The minimum atomic E-state index is -0.687. The Hall–Kier alpha value is -1.59. The molecule has 0 aromatic carbocycles. The third-order valence-corrected chi connectivity index (χ3v) is 4.80. The van der Waals surface area contributed by atoms with Crippen LogP contribution in [0.15, 0.2) is 5.10 Å². The van der Waals surface area contributed by atoms with Crippen molar-refractivity contribution < 1.29 is 14.3 Å². The van der Waals surface area contributed by atoms with Crippen molar-refractivity contribution in [3.63, 3.8) is 0 Å². The van der Waals surface area contributed by atoms with Gasteiger partial charge >= 0.3 is 12.0 Å². The summed E-state index contributed by atoms with van der Waals surface area (Å²) in [6.45, 7) is 10.1. The molecule has 1 aliphatic rings. The molecule has 0 aliphatic heterocycles. The minimum absolute atomic E-state index is 0.101. The Morgan fingerprint density at radius 1 is 1.40 bits per heavy atom. The molecule has 0 unspecified atom stereocenters. The third-order valence-electron chi connectivity index (χ3n) is 4.80. The predicted octanol–water partition coefficient (Wildman–Crippen LogP) is 2.04. The summed E-state index contributed by atoms with van der Waals surface area (Å²) < 4.78 is 5.22. The predicted molar refractivity (Wildman–Crippen MR) is 77.1 cm³/mol. The lowest BCUT2D eigenvalue weighted by Gasteiger charge is -2.39. The number of nitrogens with two attached hydrogens (primary N) is 1. The van der Waals surface area contributed by atoms with Crippen molar-refractivity contribution in [3.05, 3.63) is 0 Å². The van der Waals surface area contributed by atoms with Crippen LogP contribution in [0, 0.1) is 16.7 Å². The van der Waals surface area contributed by atoms with Crippen molar-refractivity contribution in [3.8, 4) is 0 Å².